The quantitative estimate of drug-likeness (QED) is 0.317. The van der Waals surface area contributed by atoms with Crippen molar-refractivity contribution in [3.05, 3.63) is 22.0 Å². The lowest BCUT2D eigenvalue weighted by molar-refractivity contribution is -0.385. The van der Waals surface area contributed by atoms with Gasteiger partial charge in [0.1, 0.15) is 11.9 Å². The first-order chi connectivity index (χ1) is 7.99. The highest BCUT2D eigenvalue weighted by Crippen LogP contribution is 2.33. The van der Waals surface area contributed by atoms with Crippen LogP contribution in [0.3, 0.4) is 0 Å². The van der Waals surface area contributed by atoms with Crippen molar-refractivity contribution in [2.75, 3.05) is 0 Å². The molecule has 0 unspecified atom stereocenters. The van der Waals surface area contributed by atoms with Crippen LogP contribution in [0.15, 0.2) is 6.20 Å². The highest BCUT2D eigenvalue weighted by Gasteiger charge is 2.35. The molecule has 0 bridgehead atoms. The Morgan fingerprint density at radius 3 is 2.59 bits per heavy atom. The van der Waals surface area contributed by atoms with E-state index < -0.39 is 22.8 Å². The van der Waals surface area contributed by atoms with Gasteiger partial charge in [0.25, 0.3) is 0 Å². The molecule has 0 aliphatic carbocycles. The fourth-order valence-corrected chi connectivity index (χ4v) is 1.93. The van der Waals surface area contributed by atoms with Gasteiger partial charge in [0, 0.05) is 13.0 Å². The van der Waals surface area contributed by atoms with Crippen LogP contribution in [-0.2, 0) is 21.4 Å². The van der Waals surface area contributed by atoms with Gasteiger partial charge in [-0.3, -0.25) is 24.4 Å². The van der Waals surface area contributed by atoms with Crippen molar-refractivity contribution in [3.8, 4) is 0 Å². The molecule has 1 aliphatic rings. The summed E-state index contributed by atoms with van der Waals surface area (Å²) in [4.78, 5) is 32.5. The summed E-state index contributed by atoms with van der Waals surface area (Å²) in [6.07, 6.45) is 1.01. The summed E-state index contributed by atoms with van der Waals surface area (Å²) >= 11 is 0. The van der Waals surface area contributed by atoms with Crippen molar-refractivity contribution in [2.24, 2.45) is 7.05 Å². The monoisotopic (exact) mass is 239 g/mol. The van der Waals surface area contributed by atoms with Gasteiger partial charge < -0.3 is 4.74 Å². The molecule has 1 aliphatic heterocycles. The number of aryl methyl sites for hydroxylation is 1. The maximum Gasteiger partial charge on any atom is 0.314 e. The number of nitrogens with zero attached hydrogens (tertiary/aromatic N) is 3. The van der Waals surface area contributed by atoms with Crippen LogP contribution in [0.5, 0.6) is 0 Å². The fourth-order valence-electron chi connectivity index (χ4n) is 1.93. The first kappa shape index (κ1) is 11.2. The van der Waals surface area contributed by atoms with Crippen molar-refractivity contribution in [1.82, 2.24) is 9.78 Å². The zero-order chi connectivity index (χ0) is 12.6. The number of hydrogen-bond acceptors (Lipinski definition) is 6. The van der Waals surface area contributed by atoms with Crippen molar-refractivity contribution in [3.63, 3.8) is 0 Å². The summed E-state index contributed by atoms with van der Waals surface area (Å²) in [7, 11) is 1.53. The second kappa shape index (κ2) is 3.96. The molecule has 17 heavy (non-hydrogen) atoms. The van der Waals surface area contributed by atoms with Crippen LogP contribution < -0.4 is 0 Å². The minimum atomic E-state index is -0.665. The molecule has 1 saturated heterocycles. The van der Waals surface area contributed by atoms with Crippen molar-refractivity contribution < 1.29 is 19.2 Å². The Balaban J connectivity index is 2.39. The first-order valence-electron chi connectivity index (χ1n) is 4.89. The normalized spacial score (nSPS) is 17.0. The molecule has 0 atom stereocenters. The molecule has 0 N–H and O–H groups in total. The van der Waals surface area contributed by atoms with Crippen LogP contribution in [0, 0.1) is 10.1 Å². The minimum Gasteiger partial charge on any atom is -0.393 e. The van der Waals surface area contributed by atoms with Crippen molar-refractivity contribution in [1.29, 1.82) is 0 Å². The number of hydrogen-bond donors (Lipinski definition) is 0. The lowest BCUT2D eigenvalue weighted by atomic mass is 9.95. The molecular weight excluding hydrogens is 230 g/mol. The number of carbonyl (C=O) groups excluding carboxylic acids is 2. The van der Waals surface area contributed by atoms with E-state index in [-0.39, 0.29) is 24.2 Å². The third-order valence-corrected chi connectivity index (χ3v) is 2.60. The van der Waals surface area contributed by atoms with Gasteiger partial charge in [-0.2, -0.15) is 5.10 Å². The van der Waals surface area contributed by atoms with E-state index in [1.807, 2.05) is 0 Å². The van der Waals surface area contributed by atoms with Crippen LogP contribution in [0.2, 0.25) is 0 Å². The fraction of sp³-hybridized carbons (Fsp3) is 0.444. The molecule has 1 aromatic rings. The standard InChI is InChI=1S/C9H9N3O5/c1-11-9(6(4-10-11)12(15)16)5-2-7(13)17-8(14)3-5/h4-5H,2-3H2,1H3. The van der Waals surface area contributed by atoms with E-state index >= 15 is 0 Å². The van der Waals surface area contributed by atoms with Crippen LogP contribution in [0.4, 0.5) is 5.69 Å². The Morgan fingerprint density at radius 1 is 1.47 bits per heavy atom. The Morgan fingerprint density at radius 2 is 2.06 bits per heavy atom. The van der Waals surface area contributed by atoms with E-state index in [2.05, 4.69) is 9.84 Å². The summed E-state index contributed by atoms with van der Waals surface area (Å²) < 4.78 is 5.69. The Bertz CT molecular complexity index is 491. The smallest absolute Gasteiger partial charge is 0.314 e. The van der Waals surface area contributed by atoms with E-state index in [4.69, 9.17) is 0 Å². The molecule has 1 aromatic heterocycles. The average Bonchev–Trinajstić information content (AvgIpc) is 2.58. The van der Waals surface area contributed by atoms with Crippen molar-refractivity contribution >= 4 is 17.6 Å². The lowest BCUT2D eigenvalue weighted by Crippen LogP contribution is -2.25. The van der Waals surface area contributed by atoms with Gasteiger partial charge in [0.05, 0.1) is 17.8 Å². The maximum absolute atomic E-state index is 11.1. The van der Waals surface area contributed by atoms with Gasteiger partial charge in [0.2, 0.25) is 0 Å². The molecule has 2 rings (SSSR count). The van der Waals surface area contributed by atoms with Crippen LogP contribution in [0.25, 0.3) is 0 Å². The highest BCUT2D eigenvalue weighted by molar-refractivity contribution is 5.89. The van der Waals surface area contributed by atoms with Gasteiger partial charge in [0.15, 0.2) is 0 Å². The van der Waals surface area contributed by atoms with Gasteiger partial charge in [-0.1, -0.05) is 0 Å². The molecule has 0 radical (unpaired) electrons. The lowest BCUT2D eigenvalue weighted by Gasteiger charge is -2.19. The van der Waals surface area contributed by atoms with E-state index in [0.29, 0.717) is 0 Å². The van der Waals surface area contributed by atoms with Gasteiger partial charge in [-0.15, -0.1) is 0 Å². The molecule has 8 heteroatoms. The average molecular weight is 239 g/mol. The van der Waals surface area contributed by atoms with E-state index in [0.717, 1.165) is 6.20 Å². The molecule has 1 fully saturated rings. The molecule has 2 heterocycles. The van der Waals surface area contributed by atoms with Gasteiger partial charge >= 0.3 is 17.6 Å². The Hall–Kier alpha value is -2.25. The maximum atomic E-state index is 11.1. The van der Waals surface area contributed by atoms with Crippen LogP contribution >= 0.6 is 0 Å². The Kier molecular flexibility index (Phi) is 2.62. The van der Waals surface area contributed by atoms with E-state index in [1.54, 1.807) is 0 Å². The number of nitro groups is 1. The largest absolute Gasteiger partial charge is 0.393 e. The number of aromatic nitrogens is 2. The van der Waals surface area contributed by atoms with Crippen molar-refractivity contribution in [2.45, 2.75) is 18.8 Å². The summed E-state index contributed by atoms with van der Waals surface area (Å²) in [5.74, 6) is -1.87. The number of carbonyl (C=O) groups is 2. The molecule has 90 valence electrons. The first-order valence-corrected chi connectivity index (χ1v) is 4.89. The molecule has 0 spiro atoms. The number of ether oxygens (including phenoxy) is 1. The number of cyclic esters (lactones) is 2. The summed E-state index contributed by atoms with van der Waals surface area (Å²) in [6, 6.07) is 0. The van der Waals surface area contributed by atoms with Gasteiger partial charge in [-0.05, 0) is 0 Å². The number of esters is 2. The summed E-state index contributed by atoms with van der Waals surface area (Å²) in [6.45, 7) is 0. The van der Waals surface area contributed by atoms with Crippen LogP contribution in [0.1, 0.15) is 24.5 Å². The van der Waals surface area contributed by atoms with Gasteiger partial charge in [-0.25, -0.2) is 0 Å². The predicted molar refractivity (Wildman–Crippen MR) is 52.9 cm³/mol. The molecule has 0 amide bonds. The zero-order valence-electron chi connectivity index (χ0n) is 8.95. The topological polar surface area (TPSA) is 104 Å². The predicted octanol–water partition coefficient (Wildman–Crippen LogP) is 0.275. The van der Waals surface area contributed by atoms with E-state index in [1.165, 1.54) is 11.7 Å². The molecule has 0 aromatic carbocycles. The second-order valence-corrected chi connectivity index (χ2v) is 3.75. The van der Waals surface area contributed by atoms with Crippen LogP contribution in [-0.4, -0.2) is 26.6 Å². The summed E-state index contributed by atoms with van der Waals surface area (Å²) in [5, 5.41) is 14.6. The molecule has 0 saturated carbocycles. The third-order valence-electron chi connectivity index (χ3n) is 2.60. The molecule has 8 nitrogen and oxygen atoms in total. The minimum absolute atomic E-state index is 0.0495. The second-order valence-electron chi connectivity index (χ2n) is 3.75. The number of rotatable bonds is 2. The Labute approximate surface area is 95.3 Å². The SMILES string of the molecule is Cn1ncc([N+](=O)[O-])c1C1CC(=O)OC(=O)C1. The highest BCUT2D eigenvalue weighted by atomic mass is 16.6. The zero-order valence-corrected chi connectivity index (χ0v) is 8.95. The van der Waals surface area contributed by atoms with E-state index in [9.17, 15) is 19.7 Å². The summed E-state index contributed by atoms with van der Waals surface area (Å²) in [5.41, 5.74) is 0.0972. The third kappa shape index (κ3) is 2.01. The molecular formula is C9H9N3O5.